The molecule has 6 N–H and O–H groups in total. The molecule has 0 spiro atoms. The van der Waals surface area contributed by atoms with Crippen LogP contribution in [0.3, 0.4) is 0 Å². The fourth-order valence-corrected chi connectivity index (χ4v) is 3.36. The number of nitrogens with zero attached hydrogens (tertiary/aromatic N) is 5. The minimum absolute atomic E-state index is 0.0310. The van der Waals surface area contributed by atoms with Crippen LogP contribution in [0.2, 0.25) is 0 Å². The third-order valence-electron chi connectivity index (χ3n) is 5.27. The fourth-order valence-electron chi connectivity index (χ4n) is 3.36. The number of carbonyl (C=O) groups is 1. The van der Waals surface area contributed by atoms with E-state index in [1.807, 2.05) is 6.92 Å². The van der Waals surface area contributed by atoms with E-state index in [9.17, 15) is 9.18 Å². The first kappa shape index (κ1) is 21.4. The zero-order valence-electron chi connectivity index (χ0n) is 17.6. The molecule has 0 aromatic carbocycles. The van der Waals surface area contributed by atoms with Crippen molar-refractivity contribution < 1.29 is 13.9 Å². The number of amides is 1. The molecule has 1 saturated carbocycles. The average molecular weight is 441 g/mol. The highest BCUT2D eigenvalue weighted by atomic mass is 19.1. The van der Waals surface area contributed by atoms with Crippen molar-refractivity contribution in [3.63, 3.8) is 0 Å². The van der Waals surface area contributed by atoms with Gasteiger partial charge >= 0.3 is 0 Å². The molecule has 3 aromatic heterocycles. The summed E-state index contributed by atoms with van der Waals surface area (Å²) in [5, 5.41) is 14.1. The van der Waals surface area contributed by atoms with E-state index in [2.05, 4.69) is 30.8 Å². The summed E-state index contributed by atoms with van der Waals surface area (Å²) in [6.07, 6.45) is 6.62. The second-order valence-electron chi connectivity index (χ2n) is 7.62. The highest BCUT2D eigenvalue weighted by Crippen LogP contribution is 2.34. The van der Waals surface area contributed by atoms with Gasteiger partial charge < -0.3 is 26.8 Å². The normalized spacial score (nSPS) is 15.1. The molecule has 3 heterocycles. The third-order valence-corrected chi connectivity index (χ3v) is 5.27. The number of aromatic nitrogens is 5. The van der Waals surface area contributed by atoms with Gasteiger partial charge in [0.05, 0.1) is 37.0 Å². The van der Waals surface area contributed by atoms with Gasteiger partial charge in [0.15, 0.2) is 11.6 Å². The zero-order chi connectivity index (χ0) is 22.8. The first-order chi connectivity index (χ1) is 15.4. The Morgan fingerprint density at radius 2 is 2.00 bits per heavy atom. The molecule has 0 aliphatic heterocycles. The van der Waals surface area contributed by atoms with Crippen LogP contribution in [0.5, 0.6) is 5.88 Å². The van der Waals surface area contributed by atoms with Crippen molar-refractivity contribution >= 4 is 23.2 Å². The lowest BCUT2D eigenvalue weighted by Gasteiger charge is -2.22. The molecule has 1 aliphatic carbocycles. The van der Waals surface area contributed by atoms with Gasteiger partial charge in [-0.1, -0.05) is 0 Å². The van der Waals surface area contributed by atoms with Gasteiger partial charge in [0.2, 0.25) is 5.88 Å². The molecule has 0 radical (unpaired) electrons. The van der Waals surface area contributed by atoms with E-state index in [0.29, 0.717) is 23.2 Å². The number of pyridine rings is 2. The first-order valence-electron chi connectivity index (χ1n) is 10.1. The lowest BCUT2D eigenvalue weighted by atomic mass is 10.1. The SMILES string of the molecule is COc1ncc(Nc2nc(N[C@H](C)[C@H](N)C3CC3)c(F)cc2C(N)=O)cc1-n1nccn1. The number of methoxy groups -OCH3 is 1. The number of carbonyl (C=O) groups excluding carboxylic acids is 1. The molecule has 4 rings (SSSR count). The summed E-state index contributed by atoms with van der Waals surface area (Å²) in [7, 11) is 1.47. The summed E-state index contributed by atoms with van der Waals surface area (Å²) in [4.78, 5) is 21.8. The molecule has 32 heavy (non-hydrogen) atoms. The Morgan fingerprint density at radius 1 is 1.28 bits per heavy atom. The molecule has 2 atom stereocenters. The minimum Gasteiger partial charge on any atom is -0.479 e. The number of anilines is 3. The molecule has 1 aliphatic rings. The predicted octanol–water partition coefficient (Wildman–Crippen LogP) is 1.59. The largest absolute Gasteiger partial charge is 0.479 e. The number of rotatable bonds is 9. The van der Waals surface area contributed by atoms with Crippen LogP contribution in [-0.2, 0) is 0 Å². The van der Waals surface area contributed by atoms with Crippen LogP contribution >= 0.6 is 0 Å². The van der Waals surface area contributed by atoms with Crippen molar-refractivity contribution in [1.29, 1.82) is 0 Å². The number of halogens is 1. The van der Waals surface area contributed by atoms with Crippen molar-refractivity contribution in [1.82, 2.24) is 25.0 Å². The van der Waals surface area contributed by atoms with Gasteiger partial charge in [-0.25, -0.2) is 14.4 Å². The summed E-state index contributed by atoms with van der Waals surface area (Å²) < 4.78 is 19.9. The maximum Gasteiger partial charge on any atom is 0.252 e. The number of ether oxygens (including phenoxy) is 1. The topological polar surface area (TPSA) is 159 Å². The maximum absolute atomic E-state index is 14.7. The smallest absolute Gasteiger partial charge is 0.252 e. The number of primary amides is 1. The highest BCUT2D eigenvalue weighted by Gasteiger charge is 2.32. The van der Waals surface area contributed by atoms with E-state index < -0.39 is 11.7 Å². The maximum atomic E-state index is 14.7. The summed E-state index contributed by atoms with van der Waals surface area (Å²) in [5.74, 6) is -0.782. The fraction of sp³-hybridized carbons (Fsp3) is 0.350. The Hall–Kier alpha value is -3.80. The molecule has 3 aromatic rings. The Balaban J connectivity index is 1.66. The van der Waals surface area contributed by atoms with Gasteiger partial charge in [0.1, 0.15) is 11.5 Å². The average Bonchev–Trinajstić information content (AvgIpc) is 3.48. The third kappa shape index (κ3) is 4.44. The standard InChI is InChI=1S/C20H24FN9O2/c1-10(16(22)11-3-4-11)27-19-14(21)8-13(17(23)31)18(29-19)28-12-7-15(20(32-2)24-9-12)30-25-5-6-26-30/h5-11,16H,3-4,22H2,1-2H3,(H2,23,31)(H2,27,28,29)/t10-,16+/m1/s1. The minimum atomic E-state index is -0.830. The van der Waals surface area contributed by atoms with Gasteiger partial charge in [-0.15, -0.1) is 4.80 Å². The van der Waals surface area contributed by atoms with E-state index in [-0.39, 0.29) is 29.3 Å². The molecule has 1 amide bonds. The molecular weight excluding hydrogens is 417 g/mol. The Labute approximate surface area is 183 Å². The van der Waals surface area contributed by atoms with Crippen molar-refractivity contribution in [3.05, 3.63) is 42.1 Å². The molecule has 0 unspecified atom stereocenters. The van der Waals surface area contributed by atoms with Crippen molar-refractivity contribution in [2.45, 2.75) is 31.8 Å². The second kappa shape index (κ2) is 8.75. The molecule has 168 valence electrons. The Morgan fingerprint density at radius 3 is 2.62 bits per heavy atom. The van der Waals surface area contributed by atoms with Crippen LogP contribution in [0.1, 0.15) is 30.1 Å². The highest BCUT2D eigenvalue weighted by molar-refractivity contribution is 5.98. The summed E-state index contributed by atoms with van der Waals surface area (Å²) in [6.45, 7) is 1.87. The van der Waals surface area contributed by atoms with E-state index in [1.54, 1.807) is 6.07 Å². The van der Waals surface area contributed by atoms with E-state index in [1.165, 1.54) is 30.5 Å². The van der Waals surface area contributed by atoms with Crippen LogP contribution in [0, 0.1) is 11.7 Å². The summed E-state index contributed by atoms with van der Waals surface area (Å²) >= 11 is 0. The van der Waals surface area contributed by atoms with E-state index in [4.69, 9.17) is 16.2 Å². The number of nitrogens with one attached hydrogen (secondary N) is 2. The summed E-state index contributed by atoms with van der Waals surface area (Å²) in [6, 6.07) is 2.36. The van der Waals surface area contributed by atoms with Gasteiger partial charge in [-0.2, -0.15) is 10.2 Å². The van der Waals surface area contributed by atoms with Gasteiger partial charge in [-0.05, 0) is 37.8 Å². The number of nitrogens with two attached hydrogens (primary N) is 2. The summed E-state index contributed by atoms with van der Waals surface area (Å²) in [5.41, 5.74) is 12.4. The monoisotopic (exact) mass is 441 g/mol. The lowest BCUT2D eigenvalue weighted by Crippen LogP contribution is -2.40. The zero-order valence-corrected chi connectivity index (χ0v) is 17.6. The lowest BCUT2D eigenvalue weighted by molar-refractivity contribution is 0.100. The number of hydrogen-bond acceptors (Lipinski definition) is 9. The molecule has 1 fully saturated rings. The molecule has 0 saturated heterocycles. The Kier molecular flexibility index (Phi) is 5.86. The van der Waals surface area contributed by atoms with Crippen LogP contribution in [0.15, 0.2) is 30.7 Å². The van der Waals surface area contributed by atoms with E-state index >= 15 is 0 Å². The predicted molar refractivity (Wildman–Crippen MR) is 115 cm³/mol. The molecule has 12 heteroatoms. The van der Waals surface area contributed by atoms with Crippen molar-refractivity contribution in [3.8, 4) is 11.6 Å². The molecule has 0 bridgehead atoms. The van der Waals surface area contributed by atoms with Crippen LogP contribution in [0.4, 0.5) is 21.7 Å². The molecular formula is C20H24FN9O2. The number of hydrogen-bond donors (Lipinski definition) is 4. The molecule has 11 nitrogen and oxygen atoms in total. The van der Waals surface area contributed by atoms with Crippen LogP contribution < -0.4 is 26.8 Å². The quantitative estimate of drug-likeness (QED) is 0.387. The van der Waals surface area contributed by atoms with Crippen LogP contribution in [0.25, 0.3) is 5.69 Å². The van der Waals surface area contributed by atoms with Gasteiger partial charge in [-0.3, -0.25) is 4.79 Å². The Bertz CT molecular complexity index is 1120. The second-order valence-corrected chi connectivity index (χ2v) is 7.62. The van der Waals surface area contributed by atoms with Crippen LogP contribution in [-0.4, -0.2) is 50.1 Å². The first-order valence-corrected chi connectivity index (χ1v) is 10.1. The van der Waals surface area contributed by atoms with Crippen molar-refractivity contribution in [2.75, 3.05) is 17.7 Å². The van der Waals surface area contributed by atoms with Crippen molar-refractivity contribution in [2.24, 2.45) is 17.4 Å². The van der Waals surface area contributed by atoms with E-state index in [0.717, 1.165) is 18.9 Å². The van der Waals surface area contributed by atoms with Gasteiger partial charge in [0, 0.05) is 12.1 Å². The van der Waals surface area contributed by atoms with Gasteiger partial charge in [0.25, 0.3) is 5.91 Å².